The Hall–Kier alpha value is -1.40. The molecule has 0 saturated heterocycles. The molecule has 0 unspecified atom stereocenters. The first-order valence-electron chi connectivity index (χ1n) is 5.58. The molecule has 4 nitrogen and oxygen atoms in total. The first-order chi connectivity index (χ1) is 8.61. The van der Waals surface area contributed by atoms with Crippen molar-refractivity contribution in [1.29, 1.82) is 0 Å². The van der Waals surface area contributed by atoms with Gasteiger partial charge in [-0.1, -0.05) is 6.07 Å². The molecule has 6 heteroatoms. The summed E-state index contributed by atoms with van der Waals surface area (Å²) in [6.45, 7) is 2.52. The lowest BCUT2D eigenvalue weighted by Crippen LogP contribution is -2.05. The standard InChI is InChI=1S/C12H15FN4S/c1-8-15-16-12(17(8)3)18-11-5-4-9(7-14-2)6-10(11)13/h4-6,14H,7H2,1-3H3. The molecule has 2 aromatic rings. The Morgan fingerprint density at radius 3 is 2.72 bits per heavy atom. The zero-order valence-corrected chi connectivity index (χ0v) is 11.4. The van der Waals surface area contributed by atoms with Crippen LogP contribution in [0.1, 0.15) is 11.4 Å². The SMILES string of the molecule is CNCc1ccc(Sc2nnc(C)n2C)c(F)c1. The van der Waals surface area contributed by atoms with Gasteiger partial charge in [0.2, 0.25) is 0 Å². The summed E-state index contributed by atoms with van der Waals surface area (Å²) >= 11 is 1.28. The molecule has 1 aromatic carbocycles. The van der Waals surface area contributed by atoms with Crippen molar-refractivity contribution in [2.45, 2.75) is 23.5 Å². The fourth-order valence-electron chi connectivity index (χ4n) is 1.52. The van der Waals surface area contributed by atoms with Crippen molar-refractivity contribution in [1.82, 2.24) is 20.1 Å². The summed E-state index contributed by atoms with van der Waals surface area (Å²) in [6.07, 6.45) is 0. The molecule has 0 atom stereocenters. The van der Waals surface area contributed by atoms with Gasteiger partial charge in [-0.2, -0.15) is 0 Å². The monoisotopic (exact) mass is 266 g/mol. The van der Waals surface area contributed by atoms with Crippen LogP contribution in [0.3, 0.4) is 0 Å². The molecule has 1 heterocycles. The van der Waals surface area contributed by atoms with Gasteiger partial charge in [0.25, 0.3) is 0 Å². The molecule has 96 valence electrons. The molecule has 0 amide bonds. The molecule has 0 aliphatic rings. The fourth-order valence-corrected chi connectivity index (χ4v) is 2.36. The van der Waals surface area contributed by atoms with Crippen molar-refractivity contribution in [3.63, 3.8) is 0 Å². The average molecular weight is 266 g/mol. The summed E-state index contributed by atoms with van der Waals surface area (Å²) in [7, 11) is 3.70. The predicted octanol–water partition coefficient (Wildman–Crippen LogP) is 2.13. The van der Waals surface area contributed by atoms with E-state index in [0.29, 0.717) is 16.6 Å². The van der Waals surface area contributed by atoms with Crippen LogP contribution >= 0.6 is 11.8 Å². The largest absolute Gasteiger partial charge is 0.316 e. The lowest BCUT2D eigenvalue weighted by molar-refractivity contribution is 0.597. The molecule has 0 fully saturated rings. The van der Waals surface area contributed by atoms with E-state index in [1.54, 1.807) is 12.1 Å². The van der Waals surface area contributed by atoms with Crippen LogP contribution in [-0.2, 0) is 13.6 Å². The van der Waals surface area contributed by atoms with E-state index in [4.69, 9.17) is 0 Å². The molecule has 0 spiro atoms. The van der Waals surface area contributed by atoms with Gasteiger partial charge in [0.15, 0.2) is 5.16 Å². The van der Waals surface area contributed by atoms with Crippen LogP contribution in [0, 0.1) is 12.7 Å². The van der Waals surface area contributed by atoms with Gasteiger partial charge >= 0.3 is 0 Å². The topological polar surface area (TPSA) is 42.7 Å². The number of halogens is 1. The van der Waals surface area contributed by atoms with Gasteiger partial charge in [-0.15, -0.1) is 10.2 Å². The Labute approximate surface area is 110 Å². The third kappa shape index (κ3) is 2.70. The lowest BCUT2D eigenvalue weighted by Gasteiger charge is -2.05. The van der Waals surface area contributed by atoms with E-state index in [2.05, 4.69) is 15.5 Å². The zero-order valence-electron chi connectivity index (χ0n) is 10.6. The first kappa shape index (κ1) is 13.0. The van der Waals surface area contributed by atoms with E-state index in [-0.39, 0.29) is 5.82 Å². The minimum absolute atomic E-state index is 0.228. The number of benzene rings is 1. The zero-order chi connectivity index (χ0) is 13.1. The summed E-state index contributed by atoms with van der Waals surface area (Å²) in [5.41, 5.74) is 0.925. The van der Waals surface area contributed by atoms with Crippen molar-refractivity contribution in [2.24, 2.45) is 7.05 Å². The molecule has 0 bridgehead atoms. The first-order valence-corrected chi connectivity index (χ1v) is 6.40. The molecule has 2 rings (SSSR count). The highest BCUT2D eigenvalue weighted by atomic mass is 32.2. The maximum Gasteiger partial charge on any atom is 0.195 e. The molecule has 0 aliphatic heterocycles. The summed E-state index contributed by atoms with van der Waals surface area (Å²) < 4.78 is 15.7. The molecule has 18 heavy (non-hydrogen) atoms. The minimum atomic E-state index is -0.228. The molecule has 1 aromatic heterocycles. The van der Waals surface area contributed by atoms with Crippen molar-refractivity contribution in [2.75, 3.05) is 7.05 Å². The van der Waals surface area contributed by atoms with Crippen LogP contribution in [0.15, 0.2) is 28.3 Å². The summed E-state index contributed by atoms with van der Waals surface area (Å²) in [4.78, 5) is 0.561. The number of nitrogens with one attached hydrogen (secondary N) is 1. The van der Waals surface area contributed by atoms with Crippen LogP contribution in [0.5, 0.6) is 0 Å². The molecule has 0 radical (unpaired) electrons. The Balaban J connectivity index is 2.22. The van der Waals surface area contributed by atoms with E-state index in [1.807, 2.05) is 31.7 Å². The Bertz CT molecular complexity index is 553. The van der Waals surface area contributed by atoms with E-state index in [9.17, 15) is 4.39 Å². The second kappa shape index (κ2) is 5.49. The number of rotatable bonds is 4. The van der Waals surface area contributed by atoms with E-state index in [1.165, 1.54) is 11.8 Å². The molecule has 1 N–H and O–H groups in total. The van der Waals surface area contributed by atoms with Gasteiger partial charge < -0.3 is 9.88 Å². The number of hydrogen-bond donors (Lipinski definition) is 1. The normalized spacial score (nSPS) is 10.9. The number of hydrogen-bond acceptors (Lipinski definition) is 4. The van der Waals surface area contributed by atoms with Crippen molar-refractivity contribution in [3.8, 4) is 0 Å². The van der Waals surface area contributed by atoms with Crippen LogP contribution in [0.2, 0.25) is 0 Å². The molecule has 0 aliphatic carbocycles. The highest BCUT2D eigenvalue weighted by Gasteiger charge is 2.10. The van der Waals surface area contributed by atoms with Gasteiger partial charge in [0.05, 0.1) is 4.90 Å². The minimum Gasteiger partial charge on any atom is -0.316 e. The van der Waals surface area contributed by atoms with Crippen molar-refractivity contribution in [3.05, 3.63) is 35.4 Å². The van der Waals surface area contributed by atoms with E-state index >= 15 is 0 Å². The Morgan fingerprint density at radius 1 is 1.39 bits per heavy atom. The summed E-state index contributed by atoms with van der Waals surface area (Å²) in [5.74, 6) is 0.582. The second-order valence-corrected chi connectivity index (χ2v) is 5.00. The third-order valence-corrected chi connectivity index (χ3v) is 3.72. The van der Waals surface area contributed by atoms with Crippen LogP contribution in [0.25, 0.3) is 0 Å². The second-order valence-electron chi connectivity index (χ2n) is 3.99. The van der Waals surface area contributed by atoms with Crippen molar-refractivity contribution < 1.29 is 4.39 Å². The number of aromatic nitrogens is 3. The number of aryl methyl sites for hydroxylation is 1. The molecular formula is C12H15FN4S. The smallest absolute Gasteiger partial charge is 0.195 e. The van der Waals surface area contributed by atoms with Crippen molar-refractivity contribution >= 4 is 11.8 Å². The lowest BCUT2D eigenvalue weighted by atomic mass is 10.2. The predicted molar refractivity (Wildman–Crippen MR) is 69.0 cm³/mol. The van der Waals surface area contributed by atoms with Gasteiger partial charge in [-0.3, -0.25) is 0 Å². The van der Waals surface area contributed by atoms with Gasteiger partial charge in [-0.05, 0) is 43.4 Å². The quantitative estimate of drug-likeness (QED) is 0.920. The van der Waals surface area contributed by atoms with Gasteiger partial charge in [0, 0.05) is 13.6 Å². The fraction of sp³-hybridized carbons (Fsp3) is 0.333. The maximum atomic E-state index is 13.9. The maximum absolute atomic E-state index is 13.9. The van der Waals surface area contributed by atoms with Crippen LogP contribution < -0.4 is 5.32 Å². The highest BCUT2D eigenvalue weighted by Crippen LogP contribution is 2.28. The van der Waals surface area contributed by atoms with Crippen LogP contribution in [-0.4, -0.2) is 21.8 Å². The number of nitrogens with zero attached hydrogens (tertiary/aromatic N) is 3. The van der Waals surface area contributed by atoms with Gasteiger partial charge in [0.1, 0.15) is 11.6 Å². The van der Waals surface area contributed by atoms with Crippen LogP contribution in [0.4, 0.5) is 4.39 Å². The van der Waals surface area contributed by atoms with E-state index in [0.717, 1.165) is 11.4 Å². The van der Waals surface area contributed by atoms with Gasteiger partial charge in [-0.25, -0.2) is 4.39 Å². The third-order valence-electron chi connectivity index (χ3n) is 2.63. The Morgan fingerprint density at radius 2 is 2.17 bits per heavy atom. The summed E-state index contributed by atoms with van der Waals surface area (Å²) in [6, 6.07) is 5.23. The average Bonchev–Trinajstić information content (AvgIpc) is 2.65. The molecular weight excluding hydrogens is 251 g/mol. The Kier molecular flexibility index (Phi) is 3.98. The summed E-state index contributed by atoms with van der Waals surface area (Å²) in [5, 5.41) is 11.6. The highest BCUT2D eigenvalue weighted by molar-refractivity contribution is 7.99. The molecule has 0 saturated carbocycles. The van der Waals surface area contributed by atoms with E-state index < -0.39 is 0 Å².